The molecule has 0 saturated heterocycles. The van der Waals surface area contributed by atoms with Gasteiger partial charge >= 0.3 is 0 Å². The molecule has 29 heavy (non-hydrogen) atoms. The summed E-state index contributed by atoms with van der Waals surface area (Å²) in [5, 5.41) is 0. The Morgan fingerprint density at radius 2 is 1.52 bits per heavy atom. The molecule has 4 nitrogen and oxygen atoms in total. The predicted molar refractivity (Wildman–Crippen MR) is 112 cm³/mol. The fraction of sp³-hybridized carbons (Fsp3) is 0.250. The Bertz CT molecular complexity index is 1110. The van der Waals surface area contributed by atoms with E-state index in [1.807, 2.05) is 48.5 Å². The van der Waals surface area contributed by atoms with Crippen LogP contribution in [0.1, 0.15) is 35.6 Å². The van der Waals surface area contributed by atoms with E-state index in [-0.39, 0.29) is 6.04 Å². The standard InChI is InChI=1S/C24H23NO3S/c26-29(27,22-14-12-21(13-15-22)28-20-10-11-20)25-17-16-18-6-4-5-9-23(18)24(25)19-7-2-1-3-8-19/h1-9,12-15,20,24H,10-11,16-17H2/t24-/m1/s1. The Labute approximate surface area is 171 Å². The first-order chi connectivity index (χ1) is 14.1. The minimum absolute atomic E-state index is 0.290. The van der Waals surface area contributed by atoms with E-state index in [1.165, 1.54) is 5.56 Å². The van der Waals surface area contributed by atoms with Crippen LogP contribution < -0.4 is 4.74 Å². The van der Waals surface area contributed by atoms with E-state index in [9.17, 15) is 8.42 Å². The highest BCUT2D eigenvalue weighted by Crippen LogP contribution is 2.39. The maximum Gasteiger partial charge on any atom is 0.243 e. The minimum atomic E-state index is -3.65. The lowest BCUT2D eigenvalue weighted by Gasteiger charge is -2.36. The van der Waals surface area contributed by atoms with Crippen molar-refractivity contribution in [1.82, 2.24) is 4.31 Å². The predicted octanol–water partition coefficient (Wildman–Crippen LogP) is 4.56. The van der Waals surface area contributed by atoms with Crippen LogP contribution in [-0.2, 0) is 16.4 Å². The molecule has 0 amide bonds. The average molecular weight is 406 g/mol. The molecular weight excluding hydrogens is 382 g/mol. The summed E-state index contributed by atoms with van der Waals surface area (Å²) in [5.41, 5.74) is 3.25. The summed E-state index contributed by atoms with van der Waals surface area (Å²) in [7, 11) is -3.65. The first kappa shape index (κ1) is 18.4. The Hall–Kier alpha value is -2.63. The third-order valence-electron chi connectivity index (χ3n) is 5.61. The van der Waals surface area contributed by atoms with Crippen molar-refractivity contribution < 1.29 is 13.2 Å². The fourth-order valence-corrected chi connectivity index (χ4v) is 5.58. The monoisotopic (exact) mass is 405 g/mol. The second-order valence-corrected chi connectivity index (χ2v) is 9.56. The van der Waals surface area contributed by atoms with Crippen LogP contribution >= 0.6 is 0 Å². The molecule has 3 aromatic rings. The first-order valence-corrected chi connectivity index (χ1v) is 11.5. The van der Waals surface area contributed by atoms with E-state index < -0.39 is 10.0 Å². The van der Waals surface area contributed by atoms with Crippen LogP contribution in [0, 0.1) is 0 Å². The smallest absolute Gasteiger partial charge is 0.243 e. The molecule has 2 aliphatic rings. The molecular formula is C24H23NO3S. The minimum Gasteiger partial charge on any atom is -0.490 e. The number of hydrogen-bond donors (Lipinski definition) is 0. The molecule has 0 radical (unpaired) electrons. The Balaban J connectivity index is 1.54. The highest BCUT2D eigenvalue weighted by Gasteiger charge is 2.37. The fourth-order valence-electron chi connectivity index (χ4n) is 3.99. The molecule has 1 saturated carbocycles. The van der Waals surface area contributed by atoms with Crippen molar-refractivity contribution in [2.24, 2.45) is 0 Å². The van der Waals surface area contributed by atoms with Crippen LogP contribution in [0.4, 0.5) is 0 Å². The normalized spacial score (nSPS) is 19.5. The van der Waals surface area contributed by atoms with Gasteiger partial charge in [-0.25, -0.2) is 8.42 Å². The quantitative estimate of drug-likeness (QED) is 0.625. The number of benzene rings is 3. The number of sulfonamides is 1. The molecule has 0 spiro atoms. The van der Waals surface area contributed by atoms with Crippen LogP contribution in [0.3, 0.4) is 0 Å². The SMILES string of the molecule is O=S(=O)(c1ccc(OC2CC2)cc1)N1CCc2ccccc2[C@H]1c1ccccc1. The maximum atomic E-state index is 13.6. The summed E-state index contributed by atoms with van der Waals surface area (Å²) in [5.74, 6) is 0.732. The van der Waals surface area contributed by atoms with Gasteiger partial charge < -0.3 is 4.74 Å². The molecule has 0 aromatic heterocycles. The third kappa shape index (κ3) is 3.56. The summed E-state index contributed by atoms with van der Waals surface area (Å²) in [6, 6.07) is 24.5. The third-order valence-corrected chi connectivity index (χ3v) is 7.49. The summed E-state index contributed by atoms with van der Waals surface area (Å²) >= 11 is 0. The van der Waals surface area contributed by atoms with Crippen molar-refractivity contribution in [3.63, 3.8) is 0 Å². The number of rotatable bonds is 5. The molecule has 1 aliphatic carbocycles. The van der Waals surface area contributed by atoms with Crippen molar-refractivity contribution in [3.8, 4) is 5.75 Å². The lowest BCUT2D eigenvalue weighted by Crippen LogP contribution is -2.40. The van der Waals surface area contributed by atoms with E-state index >= 15 is 0 Å². The molecule has 1 aliphatic heterocycles. The zero-order chi connectivity index (χ0) is 19.8. The zero-order valence-corrected chi connectivity index (χ0v) is 16.9. The van der Waals surface area contributed by atoms with Gasteiger partial charge in [-0.15, -0.1) is 0 Å². The van der Waals surface area contributed by atoms with Gasteiger partial charge in [0, 0.05) is 6.54 Å². The van der Waals surface area contributed by atoms with E-state index in [0.29, 0.717) is 24.0 Å². The average Bonchev–Trinajstić information content (AvgIpc) is 3.58. The van der Waals surface area contributed by atoms with Gasteiger partial charge in [0.05, 0.1) is 17.0 Å². The largest absolute Gasteiger partial charge is 0.490 e. The summed E-state index contributed by atoms with van der Waals surface area (Å²) in [6.07, 6.45) is 3.15. The number of ether oxygens (including phenoxy) is 1. The molecule has 5 rings (SSSR count). The number of fused-ring (bicyclic) bond motifs is 1. The Kier molecular flexibility index (Phi) is 4.64. The second kappa shape index (κ2) is 7.32. The maximum absolute atomic E-state index is 13.6. The van der Waals surface area contributed by atoms with E-state index in [0.717, 1.165) is 29.7 Å². The molecule has 0 unspecified atom stereocenters. The van der Waals surface area contributed by atoms with Crippen molar-refractivity contribution >= 4 is 10.0 Å². The van der Waals surface area contributed by atoms with Gasteiger partial charge in [0.2, 0.25) is 10.0 Å². The molecule has 148 valence electrons. The first-order valence-electron chi connectivity index (χ1n) is 10.0. The molecule has 1 atom stereocenters. The Morgan fingerprint density at radius 3 is 2.24 bits per heavy atom. The molecule has 1 fully saturated rings. The van der Waals surface area contributed by atoms with Gasteiger partial charge in [-0.05, 0) is 60.2 Å². The highest BCUT2D eigenvalue weighted by atomic mass is 32.2. The van der Waals surface area contributed by atoms with Gasteiger partial charge in [0.25, 0.3) is 0 Å². The van der Waals surface area contributed by atoms with Crippen molar-refractivity contribution in [3.05, 3.63) is 95.6 Å². The Morgan fingerprint density at radius 1 is 0.828 bits per heavy atom. The van der Waals surface area contributed by atoms with E-state index in [1.54, 1.807) is 28.6 Å². The van der Waals surface area contributed by atoms with Crippen LogP contribution in [0.2, 0.25) is 0 Å². The van der Waals surface area contributed by atoms with E-state index in [2.05, 4.69) is 6.07 Å². The van der Waals surface area contributed by atoms with Crippen LogP contribution in [-0.4, -0.2) is 25.4 Å². The molecule has 1 heterocycles. The molecule has 5 heteroatoms. The zero-order valence-electron chi connectivity index (χ0n) is 16.1. The van der Waals surface area contributed by atoms with E-state index in [4.69, 9.17) is 4.74 Å². The molecule has 0 N–H and O–H groups in total. The van der Waals surface area contributed by atoms with Gasteiger partial charge in [0.15, 0.2) is 0 Å². The van der Waals surface area contributed by atoms with Crippen LogP contribution in [0.15, 0.2) is 83.8 Å². The summed E-state index contributed by atoms with van der Waals surface area (Å²) in [6.45, 7) is 0.458. The van der Waals surface area contributed by atoms with Gasteiger partial charge in [-0.2, -0.15) is 4.31 Å². The van der Waals surface area contributed by atoms with Gasteiger partial charge in [0.1, 0.15) is 5.75 Å². The summed E-state index contributed by atoms with van der Waals surface area (Å²) in [4.78, 5) is 0.306. The van der Waals surface area contributed by atoms with Crippen LogP contribution in [0.25, 0.3) is 0 Å². The lowest BCUT2D eigenvalue weighted by atomic mass is 9.90. The highest BCUT2D eigenvalue weighted by molar-refractivity contribution is 7.89. The summed E-state index contributed by atoms with van der Waals surface area (Å²) < 4.78 is 34.6. The van der Waals surface area contributed by atoms with Crippen molar-refractivity contribution in [2.75, 3.05) is 6.54 Å². The topological polar surface area (TPSA) is 46.6 Å². The van der Waals surface area contributed by atoms with Crippen molar-refractivity contribution in [2.45, 2.75) is 36.3 Å². The second-order valence-electron chi connectivity index (χ2n) is 7.67. The van der Waals surface area contributed by atoms with Crippen molar-refractivity contribution in [1.29, 1.82) is 0 Å². The lowest BCUT2D eigenvalue weighted by molar-refractivity contribution is 0.303. The molecule has 3 aromatic carbocycles. The van der Waals surface area contributed by atoms with Crippen LogP contribution in [0.5, 0.6) is 5.75 Å². The molecule has 0 bridgehead atoms. The number of nitrogens with zero attached hydrogens (tertiary/aromatic N) is 1. The number of hydrogen-bond acceptors (Lipinski definition) is 3. The van der Waals surface area contributed by atoms with Gasteiger partial charge in [-0.1, -0.05) is 54.6 Å². The van der Waals surface area contributed by atoms with Gasteiger partial charge in [-0.3, -0.25) is 0 Å².